The Morgan fingerprint density at radius 2 is 1.95 bits per heavy atom. The van der Waals surface area contributed by atoms with E-state index in [-0.39, 0.29) is 24.3 Å². The summed E-state index contributed by atoms with van der Waals surface area (Å²) in [5.74, 6) is 1.24. The second-order valence-electron chi connectivity index (χ2n) is 8.27. The Morgan fingerprint density at radius 3 is 2.59 bits per heavy atom. The number of amides is 1. The number of nitrogens with one attached hydrogen (secondary N) is 2. The molecular formula is C17H30N2O3. The lowest BCUT2D eigenvalue weighted by atomic mass is 9.71. The maximum atomic E-state index is 12.1. The third kappa shape index (κ3) is 3.40. The standard InChI is InChI=1S/C17H30N2O3/c1-10-5-6-11(9-10)18-14-13(12-7-8-21-15(12)14)19-16(20)22-17(2,3)4/h10-15,18H,5-9H2,1-4H3,(H,19,20). The topological polar surface area (TPSA) is 59.6 Å². The normalized spacial score (nSPS) is 40.9. The number of hydrogen-bond donors (Lipinski definition) is 2. The molecule has 1 amide bonds. The Hall–Kier alpha value is -0.810. The van der Waals surface area contributed by atoms with Crippen LogP contribution in [0.3, 0.4) is 0 Å². The first-order chi connectivity index (χ1) is 10.3. The fourth-order valence-electron chi connectivity index (χ4n) is 4.18. The van der Waals surface area contributed by atoms with Crippen LogP contribution in [0.1, 0.15) is 53.4 Å². The maximum Gasteiger partial charge on any atom is 0.407 e. The zero-order valence-electron chi connectivity index (χ0n) is 14.2. The van der Waals surface area contributed by atoms with Gasteiger partial charge in [0.1, 0.15) is 5.60 Å². The predicted octanol–water partition coefficient (Wildman–Crippen LogP) is 2.45. The van der Waals surface area contributed by atoms with Crippen LogP contribution in [-0.2, 0) is 9.47 Å². The molecule has 2 N–H and O–H groups in total. The molecule has 3 aliphatic rings. The van der Waals surface area contributed by atoms with Crippen molar-refractivity contribution in [3.63, 3.8) is 0 Å². The molecule has 0 radical (unpaired) electrons. The van der Waals surface area contributed by atoms with Crippen molar-refractivity contribution in [2.24, 2.45) is 11.8 Å². The van der Waals surface area contributed by atoms with Crippen LogP contribution in [-0.4, -0.2) is 42.5 Å². The van der Waals surface area contributed by atoms with Gasteiger partial charge < -0.3 is 20.1 Å². The van der Waals surface area contributed by atoms with Crippen LogP contribution in [0.25, 0.3) is 0 Å². The van der Waals surface area contributed by atoms with Gasteiger partial charge in [0.25, 0.3) is 0 Å². The molecule has 126 valence electrons. The minimum atomic E-state index is -0.455. The number of rotatable bonds is 3. The van der Waals surface area contributed by atoms with E-state index in [0.29, 0.717) is 12.0 Å². The minimum Gasteiger partial charge on any atom is -0.444 e. The molecule has 0 spiro atoms. The summed E-state index contributed by atoms with van der Waals surface area (Å²) in [6, 6.07) is 0.932. The van der Waals surface area contributed by atoms with E-state index in [2.05, 4.69) is 17.6 Å². The van der Waals surface area contributed by atoms with Crippen LogP contribution in [0.5, 0.6) is 0 Å². The number of fused-ring (bicyclic) bond motifs is 1. The summed E-state index contributed by atoms with van der Waals surface area (Å²) in [6.07, 6.45) is 4.74. The summed E-state index contributed by atoms with van der Waals surface area (Å²) < 4.78 is 11.3. The summed E-state index contributed by atoms with van der Waals surface area (Å²) >= 11 is 0. The molecule has 0 aromatic rings. The van der Waals surface area contributed by atoms with Crippen LogP contribution in [0, 0.1) is 11.8 Å². The molecule has 1 aliphatic heterocycles. The van der Waals surface area contributed by atoms with Gasteiger partial charge in [0.15, 0.2) is 0 Å². The van der Waals surface area contributed by atoms with Gasteiger partial charge in [0.05, 0.1) is 18.2 Å². The van der Waals surface area contributed by atoms with E-state index < -0.39 is 5.60 Å². The van der Waals surface area contributed by atoms with Crippen LogP contribution in [0.4, 0.5) is 4.79 Å². The Labute approximate surface area is 133 Å². The molecule has 5 heteroatoms. The van der Waals surface area contributed by atoms with Crippen molar-refractivity contribution < 1.29 is 14.3 Å². The first-order valence-electron chi connectivity index (χ1n) is 8.70. The minimum absolute atomic E-state index is 0.137. The Bertz CT molecular complexity index is 421. The van der Waals surface area contributed by atoms with Gasteiger partial charge in [-0.25, -0.2) is 4.79 Å². The van der Waals surface area contributed by atoms with Gasteiger partial charge >= 0.3 is 6.09 Å². The fourth-order valence-corrected chi connectivity index (χ4v) is 4.18. The monoisotopic (exact) mass is 310 g/mol. The van der Waals surface area contributed by atoms with Gasteiger partial charge in [-0.3, -0.25) is 0 Å². The third-order valence-corrected chi connectivity index (χ3v) is 5.19. The van der Waals surface area contributed by atoms with E-state index in [9.17, 15) is 4.79 Å². The Balaban J connectivity index is 1.57. The molecule has 1 heterocycles. The second kappa shape index (κ2) is 6.00. The van der Waals surface area contributed by atoms with Gasteiger partial charge in [-0.05, 0) is 52.4 Å². The highest BCUT2D eigenvalue weighted by Crippen LogP contribution is 2.40. The lowest BCUT2D eigenvalue weighted by molar-refractivity contribution is -0.0375. The van der Waals surface area contributed by atoms with Gasteiger partial charge in [0.2, 0.25) is 0 Å². The first-order valence-corrected chi connectivity index (χ1v) is 8.70. The summed E-state index contributed by atoms with van der Waals surface area (Å²) in [5.41, 5.74) is -0.455. The highest BCUT2D eigenvalue weighted by Gasteiger charge is 2.55. The number of alkyl carbamates (subject to hydrolysis) is 1. The quantitative estimate of drug-likeness (QED) is 0.840. The van der Waals surface area contributed by atoms with Crippen molar-refractivity contribution in [1.29, 1.82) is 0 Å². The van der Waals surface area contributed by atoms with E-state index >= 15 is 0 Å². The van der Waals surface area contributed by atoms with Crippen LogP contribution < -0.4 is 10.6 Å². The third-order valence-electron chi connectivity index (χ3n) is 5.19. The first kappa shape index (κ1) is 16.1. The second-order valence-corrected chi connectivity index (χ2v) is 8.27. The number of carbonyl (C=O) groups excluding carboxylic acids is 1. The number of ether oxygens (including phenoxy) is 2. The summed E-state index contributed by atoms with van der Waals surface area (Å²) in [4.78, 5) is 12.1. The van der Waals surface area contributed by atoms with Gasteiger partial charge in [-0.2, -0.15) is 0 Å². The van der Waals surface area contributed by atoms with Crippen molar-refractivity contribution in [3.05, 3.63) is 0 Å². The summed E-state index contributed by atoms with van der Waals surface area (Å²) in [5, 5.41) is 6.82. The molecule has 2 saturated carbocycles. The van der Waals surface area contributed by atoms with Crippen molar-refractivity contribution in [1.82, 2.24) is 10.6 Å². The average molecular weight is 310 g/mol. The SMILES string of the molecule is CC1CCC(NC2C(NC(=O)OC(C)(C)C)C3CCOC32)C1. The molecule has 0 aromatic heterocycles. The number of hydrogen-bond acceptors (Lipinski definition) is 4. The van der Waals surface area contributed by atoms with Crippen molar-refractivity contribution in [3.8, 4) is 0 Å². The zero-order chi connectivity index (χ0) is 15.9. The number of carbonyl (C=O) groups is 1. The molecular weight excluding hydrogens is 280 g/mol. The Kier molecular flexibility index (Phi) is 4.38. The van der Waals surface area contributed by atoms with E-state index in [1.165, 1.54) is 19.3 Å². The van der Waals surface area contributed by atoms with E-state index in [0.717, 1.165) is 18.9 Å². The zero-order valence-corrected chi connectivity index (χ0v) is 14.2. The van der Waals surface area contributed by atoms with Crippen LogP contribution >= 0.6 is 0 Å². The van der Waals surface area contributed by atoms with Crippen LogP contribution in [0.2, 0.25) is 0 Å². The smallest absolute Gasteiger partial charge is 0.407 e. The maximum absolute atomic E-state index is 12.1. The lowest BCUT2D eigenvalue weighted by Crippen LogP contribution is -2.71. The molecule has 6 atom stereocenters. The van der Waals surface area contributed by atoms with Crippen LogP contribution in [0.15, 0.2) is 0 Å². The molecule has 5 nitrogen and oxygen atoms in total. The van der Waals surface area contributed by atoms with Crippen molar-refractivity contribution in [2.45, 2.75) is 83.2 Å². The van der Waals surface area contributed by atoms with E-state index in [4.69, 9.17) is 9.47 Å². The molecule has 3 rings (SSSR count). The molecule has 6 unspecified atom stereocenters. The fraction of sp³-hybridized carbons (Fsp3) is 0.941. The summed E-state index contributed by atoms with van der Waals surface area (Å²) in [6.45, 7) is 8.80. The summed E-state index contributed by atoms with van der Waals surface area (Å²) in [7, 11) is 0. The largest absolute Gasteiger partial charge is 0.444 e. The van der Waals surface area contributed by atoms with Gasteiger partial charge in [0, 0.05) is 18.6 Å². The molecule has 0 aromatic carbocycles. The highest BCUT2D eigenvalue weighted by molar-refractivity contribution is 5.68. The molecule has 1 saturated heterocycles. The van der Waals surface area contributed by atoms with Gasteiger partial charge in [-0.1, -0.05) is 6.92 Å². The predicted molar refractivity (Wildman–Crippen MR) is 84.7 cm³/mol. The molecule has 3 fully saturated rings. The average Bonchev–Trinajstić information content (AvgIpc) is 2.98. The molecule has 0 bridgehead atoms. The Morgan fingerprint density at radius 1 is 1.18 bits per heavy atom. The van der Waals surface area contributed by atoms with Gasteiger partial charge in [-0.15, -0.1) is 0 Å². The van der Waals surface area contributed by atoms with Crippen molar-refractivity contribution in [2.75, 3.05) is 6.61 Å². The van der Waals surface area contributed by atoms with Crippen molar-refractivity contribution >= 4 is 6.09 Å². The highest BCUT2D eigenvalue weighted by atomic mass is 16.6. The molecule has 22 heavy (non-hydrogen) atoms. The lowest BCUT2D eigenvalue weighted by Gasteiger charge is -2.49. The van der Waals surface area contributed by atoms with E-state index in [1.807, 2.05) is 20.8 Å². The molecule has 2 aliphatic carbocycles. The van der Waals surface area contributed by atoms with E-state index in [1.54, 1.807) is 0 Å².